The van der Waals surface area contributed by atoms with Gasteiger partial charge in [0, 0.05) is 11.8 Å². The lowest BCUT2D eigenvalue weighted by Crippen LogP contribution is -1.90. The molecule has 1 aromatic carbocycles. The summed E-state index contributed by atoms with van der Waals surface area (Å²) in [4.78, 5) is 26.5. The molecule has 0 aliphatic rings. The first-order chi connectivity index (χ1) is 7.16. The van der Waals surface area contributed by atoms with Crippen molar-refractivity contribution < 1.29 is 28.3 Å². The van der Waals surface area contributed by atoms with Gasteiger partial charge in [0.25, 0.3) is 0 Å². The largest absolute Gasteiger partial charge is 0.434 e. The van der Waals surface area contributed by atoms with E-state index in [-0.39, 0.29) is 11.5 Å². The molecule has 3 N–H and O–H groups in total. The minimum Gasteiger partial charge on any atom is -0.424 e. The first-order valence-electron chi connectivity index (χ1n) is 3.76. The average molecular weight is 302 g/mol. The van der Waals surface area contributed by atoms with E-state index in [1.54, 1.807) is 0 Å². The molecule has 0 aliphatic carbocycles. The monoisotopic (exact) mass is 302 g/mol. The molecule has 0 amide bonds. The molecule has 1 unspecified atom stereocenters. The van der Waals surface area contributed by atoms with Gasteiger partial charge < -0.3 is 23.7 Å². The van der Waals surface area contributed by atoms with Gasteiger partial charge in [0.15, 0.2) is 0 Å². The Balaban J connectivity index is 2.76. The molecule has 0 aromatic heterocycles. The zero-order valence-corrected chi connectivity index (χ0v) is 11.1. The van der Waals surface area contributed by atoms with Crippen LogP contribution in [-0.2, 0) is 16.4 Å². The quantitative estimate of drug-likeness (QED) is 0.496. The molecular formula is C6H8O6P2S2. The fraction of sp³-hybridized carbons (Fsp3) is 0. The van der Waals surface area contributed by atoms with E-state index in [0.717, 1.165) is 0 Å². The number of hydrogen-bond donors (Lipinski definition) is 4. The summed E-state index contributed by atoms with van der Waals surface area (Å²) < 4.78 is 20.0. The molecule has 1 atom stereocenters. The van der Waals surface area contributed by atoms with Gasteiger partial charge in [-0.1, -0.05) is 0 Å². The Morgan fingerprint density at radius 3 is 1.75 bits per heavy atom. The minimum atomic E-state index is -3.90. The summed E-state index contributed by atoms with van der Waals surface area (Å²) in [5.41, 5.74) is 0. The summed E-state index contributed by atoms with van der Waals surface area (Å²) in [5, 5.41) is 0. The number of thiol groups is 1. The Labute approximate surface area is 102 Å². The lowest BCUT2D eigenvalue weighted by Gasteiger charge is -2.11. The topological polar surface area (TPSA) is 96.2 Å². The van der Waals surface area contributed by atoms with Crippen molar-refractivity contribution >= 4 is 37.6 Å². The highest BCUT2D eigenvalue weighted by molar-refractivity contribution is 8.44. The van der Waals surface area contributed by atoms with Crippen LogP contribution >= 0.6 is 25.8 Å². The van der Waals surface area contributed by atoms with Crippen LogP contribution in [0.4, 0.5) is 0 Å². The Morgan fingerprint density at radius 2 is 1.44 bits per heavy atom. The van der Waals surface area contributed by atoms with Crippen LogP contribution in [0.25, 0.3) is 0 Å². The van der Waals surface area contributed by atoms with Crippen LogP contribution < -0.4 is 9.05 Å². The van der Waals surface area contributed by atoms with E-state index in [9.17, 15) is 4.57 Å². The summed E-state index contributed by atoms with van der Waals surface area (Å²) in [7, 11) is 0. The van der Waals surface area contributed by atoms with Crippen molar-refractivity contribution in [1.29, 1.82) is 0 Å². The summed E-state index contributed by atoms with van der Waals surface area (Å²) in [5.74, 6) is 0.213. The Hall–Kier alpha value is -0.0700. The van der Waals surface area contributed by atoms with Gasteiger partial charge in [0.1, 0.15) is 11.5 Å². The highest BCUT2D eigenvalue weighted by Gasteiger charge is 2.14. The third-order valence-electron chi connectivity index (χ3n) is 1.27. The van der Waals surface area contributed by atoms with E-state index in [4.69, 9.17) is 14.7 Å². The molecule has 10 heteroatoms. The smallest absolute Gasteiger partial charge is 0.424 e. The van der Waals surface area contributed by atoms with Crippen molar-refractivity contribution in [2.24, 2.45) is 0 Å². The van der Waals surface area contributed by atoms with E-state index < -0.39 is 13.5 Å². The van der Waals surface area contributed by atoms with Gasteiger partial charge in [0.05, 0.1) is 0 Å². The first kappa shape index (κ1) is 14.0. The lowest BCUT2D eigenvalue weighted by atomic mass is 10.3. The second-order valence-corrected chi connectivity index (χ2v) is 7.91. The molecule has 0 radical (unpaired) electrons. The van der Waals surface area contributed by atoms with Gasteiger partial charge in [0.2, 0.25) is 0 Å². The standard InChI is InChI=1S/C6H8O6P2S2/c7-13(8,15)11-5-1-2-6(4-3-5)12-14(9,10)16/h1-4H,(H2,7,8,15)(H2,9,10,16). The van der Waals surface area contributed by atoms with Gasteiger partial charge in [-0.2, -0.15) is 0 Å². The van der Waals surface area contributed by atoms with Crippen molar-refractivity contribution in [3.63, 3.8) is 0 Å². The summed E-state index contributed by atoms with van der Waals surface area (Å²) in [6.45, 7) is -7.67. The molecular weight excluding hydrogens is 294 g/mol. The van der Waals surface area contributed by atoms with Crippen molar-refractivity contribution in [1.82, 2.24) is 0 Å². The summed E-state index contributed by atoms with van der Waals surface area (Å²) >= 11 is 7.59. The zero-order valence-electron chi connectivity index (χ0n) is 7.63. The third kappa shape index (κ3) is 5.86. The van der Waals surface area contributed by atoms with Gasteiger partial charge in [-0.3, -0.25) is 0 Å². The SMILES string of the molecule is O=P(O)(S)Oc1ccc(OP(O)(O)=S)cc1. The predicted octanol–water partition coefficient (Wildman–Crippen LogP) is 1.68. The number of hydrogen-bond acceptors (Lipinski definition) is 4. The molecule has 0 saturated heterocycles. The van der Waals surface area contributed by atoms with Crippen LogP contribution in [0.15, 0.2) is 24.3 Å². The first-order valence-corrected chi connectivity index (χ1v) is 9.12. The van der Waals surface area contributed by atoms with Crippen LogP contribution in [-0.4, -0.2) is 14.7 Å². The van der Waals surface area contributed by atoms with Gasteiger partial charge in [-0.25, -0.2) is 4.57 Å². The fourth-order valence-electron chi connectivity index (χ4n) is 0.836. The van der Waals surface area contributed by atoms with Crippen LogP contribution in [0, 0.1) is 0 Å². The van der Waals surface area contributed by atoms with E-state index >= 15 is 0 Å². The highest BCUT2D eigenvalue weighted by atomic mass is 32.7. The molecule has 0 bridgehead atoms. The van der Waals surface area contributed by atoms with E-state index in [1.807, 2.05) is 0 Å². The summed E-state index contributed by atoms with van der Waals surface area (Å²) in [6.07, 6.45) is 0. The molecule has 16 heavy (non-hydrogen) atoms. The normalized spacial score (nSPS) is 15.2. The third-order valence-corrected chi connectivity index (χ3v) is 2.64. The average Bonchev–Trinajstić information content (AvgIpc) is 2.03. The van der Waals surface area contributed by atoms with Gasteiger partial charge in [-0.05, 0) is 36.5 Å². The highest BCUT2D eigenvalue weighted by Crippen LogP contribution is 2.47. The van der Waals surface area contributed by atoms with Gasteiger partial charge in [-0.15, -0.1) is 0 Å². The molecule has 0 saturated carbocycles. The molecule has 90 valence electrons. The summed E-state index contributed by atoms with van der Waals surface area (Å²) in [6, 6.07) is 5.23. The molecule has 0 fully saturated rings. The Bertz CT molecular complexity index is 406. The molecule has 0 spiro atoms. The minimum absolute atomic E-state index is 0.0948. The number of benzene rings is 1. The van der Waals surface area contributed by atoms with Crippen molar-refractivity contribution in [3.8, 4) is 11.5 Å². The van der Waals surface area contributed by atoms with Crippen molar-refractivity contribution in [3.05, 3.63) is 24.3 Å². The number of rotatable bonds is 4. The molecule has 1 aromatic rings. The van der Waals surface area contributed by atoms with Crippen LogP contribution in [0.2, 0.25) is 0 Å². The van der Waals surface area contributed by atoms with Crippen LogP contribution in [0.5, 0.6) is 11.5 Å². The van der Waals surface area contributed by atoms with E-state index in [2.05, 4.69) is 33.1 Å². The fourth-order valence-corrected chi connectivity index (χ4v) is 2.17. The maximum atomic E-state index is 10.8. The maximum absolute atomic E-state index is 10.8. The molecule has 1 rings (SSSR count). The predicted molar refractivity (Wildman–Crippen MR) is 65.2 cm³/mol. The second kappa shape index (κ2) is 5.06. The molecule has 0 aliphatic heterocycles. The van der Waals surface area contributed by atoms with Crippen molar-refractivity contribution in [2.75, 3.05) is 0 Å². The Kier molecular flexibility index (Phi) is 4.42. The van der Waals surface area contributed by atoms with E-state index in [0.29, 0.717) is 0 Å². The molecule has 6 nitrogen and oxygen atoms in total. The zero-order chi connectivity index (χ0) is 12.4. The van der Waals surface area contributed by atoms with Crippen LogP contribution in [0.3, 0.4) is 0 Å². The molecule has 0 heterocycles. The second-order valence-electron chi connectivity index (χ2n) is 2.64. The lowest BCUT2D eigenvalue weighted by molar-refractivity contribution is 0.369. The Morgan fingerprint density at radius 1 is 1.06 bits per heavy atom. The maximum Gasteiger partial charge on any atom is 0.434 e. The van der Waals surface area contributed by atoms with Gasteiger partial charge >= 0.3 is 13.5 Å². The van der Waals surface area contributed by atoms with Crippen molar-refractivity contribution in [2.45, 2.75) is 0 Å². The van der Waals surface area contributed by atoms with Crippen LogP contribution in [0.1, 0.15) is 0 Å². The van der Waals surface area contributed by atoms with E-state index in [1.165, 1.54) is 24.3 Å².